The van der Waals surface area contributed by atoms with E-state index >= 15 is 0 Å². The number of hydrogen-bond acceptors (Lipinski definition) is 12. The van der Waals surface area contributed by atoms with Gasteiger partial charge in [0.1, 0.15) is 23.7 Å². The molecule has 6 aliphatic heterocycles. The number of nitrogens with zero attached hydrogens (tertiary/aromatic N) is 6. The number of fused-ring (bicyclic) bond motifs is 9. The second kappa shape index (κ2) is 17.5. The van der Waals surface area contributed by atoms with Crippen LogP contribution in [-0.2, 0) is 9.47 Å². The first-order chi connectivity index (χ1) is 31.3. The molecule has 10 atom stereocenters. The van der Waals surface area contributed by atoms with E-state index in [9.17, 15) is 9.59 Å². The standard InChI is InChI=1S/C50H52N8O6/c1-5-29-27-57-21-17-31(29)23-43(57)45(35-15-19-51-41-13-11-33(61-3)25-39(35)41)63-49(59)53-47-37-9-7-8-10-38(37)48(56-55-47)54-50(60)64-46(44-24-32-18-22-58(44)28-30(32)6-2)36-16-20-52-42-14-12-34(62-4)26-40(36)42/h5-16,19-20,25-26,29-32,43-46H,1-2,17-18,21-24,27-28H2,3-4H3,(H,53,55,59)(H,54,56,60)/t29-,30-,31-,32-,43+,44+,45-,46-/m0/s1. The van der Waals surface area contributed by atoms with Crippen molar-refractivity contribution in [2.24, 2.45) is 23.7 Å². The second-order valence-corrected chi connectivity index (χ2v) is 17.4. The highest BCUT2D eigenvalue weighted by Gasteiger charge is 2.46. The summed E-state index contributed by atoms with van der Waals surface area (Å²) in [6, 6.07) is 22.5. The number of carbonyl (C=O) groups excluding carboxylic acids is 2. The molecular formula is C50H52N8O6. The van der Waals surface area contributed by atoms with Crippen molar-refractivity contribution in [3.05, 3.63) is 122 Å². The molecule has 6 aliphatic rings. The second-order valence-electron chi connectivity index (χ2n) is 17.4. The van der Waals surface area contributed by atoms with Gasteiger partial charge in [0.25, 0.3) is 0 Å². The number of nitrogens with one attached hydrogen (secondary N) is 2. The van der Waals surface area contributed by atoms with E-state index in [0.29, 0.717) is 45.9 Å². The van der Waals surface area contributed by atoms with Gasteiger partial charge in [0.05, 0.1) is 37.3 Å². The average Bonchev–Trinajstić information content (AvgIpc) is 3.35. The summed E-state index contributed by atoms with van der Waals surface area (Å²) in [6.45, 7) is 11.7. The van der Waals surface area contributed by atoms with Gasteiger partial charge in [0, 0.05) is 58.2 Å². The molecule has 12 rings (SSSR count). The third-order valence-electron chi connectivity index (χ3n) is 14.2. The smallest absolute Gasteiger partial charge is 0.413 e. The number of methoxy groups -OCH3 is 2. The molecule has 2 unspecified atom stereocenters. The van der Waals surface area contributed by atoms with Crippen molar-refractivity contribution in [2.45, 2.75) is 50.0 Å². The highest BCUT2D eigenvalue weighted by molar-refractivity contribution is 6.05. The van der Waals surface area contributed by atoms with Gasteiger partial charge in [-0.05, 0) is 111 Å². The quantitative estimate of drug-likeness (QED) is 0.113. The molecule has 14 nitrogen and oxygen atoms in total. The molecule has 0 saturated carbocycles. The van der Waals surface area contributed by atoms with Crippen LogP contribution in [-0.4, -0.2) is 94.6 Å². The Morgan fingerprint density at radius 1 is 0.656 bits per heavy atom. The highest BCUT2D eigenvalue weighted by Crippen LogP contribution is 2.46. The summed E-state index contributed by atoms with van der Waals surface area (Å²) >= 11 is 0. The van der Waals surface area contributed by atoms with E-state index in [1.54, 1.807) is 26.6 Å². The van der Waals surface area contributed by atoms with Crippen LogP contribution < -0.4 is 20.1 Å². The Balaban J connectivity index is 0.926. The molecule has 14 heteroatoms. The van der Waals surface area contributed by atoms with Crippen molar-refractivity contribution >= 4 is 56.4 Å². The van der Waals surface area contributed by atoms with Crippen molar-refractivity contribution in [3.8, 4) is 11.5 Å². The third kappa shape index (κ3) is 7.74. The normalized spacial score (nSPS) is 25.6. The highest BCUT2D eigenvalue weighted by atomic mass is 16.6. The van der Waals surface area contributed by atoms with E-state index < -0.39 is 24.4 Å². The van der Waals surface area contributed by atoms with E-state index in [1.165, 1.54) is 0 Å². The maximum Gasteiger partial charge on any atom is 0.413 e. The first-order valence-corrected chi connectivity index (χ1v) is 22.1. The molecule has 328 valence electrons. The Hall–Kier alpha value is -6.64. The summed E-state index contributed by atoms with van der Waals surface area (Å²) in [5.74, 6) is 3.39. The minimum atomic E-state index is -0.681. The van der Waals surface area contributed by atoms with Crippen LogP contribution in [0.4, 0.5) is 21.2 Å². The number of amides is 2. The molecule has 9 heterocycles. The summed E-state index contributed by atoms with van der Waals surface area (Å²) in [4.78, 5) is 42.4. The van der Waals surface area contributed by atoms with Gasteiger partial charge in [0.2, 0.25) is 0 Å². The van der Waals surface area contributed by atoms with Crippen LogP contribution in [0.5, 0.6) is 11.5 Å². The van der Waals surface area contributed by atoms with Crippen LogP contribution in [0.3, 0.4) is 0 Å². The van der Waals surface area contributed by atoms with Crippen molar-refractivity contribution in [2.75, 3.05) is 51.0 Å². The number of anilines is 2. The minimum absolute atomic E-state index is 0.0714. The lowest BCUT2D eigenvalue weighted by molar-refractivity contribution is -0.0474. The van der Waals surface area contributed by atoms with Gasteiger partial charge in [-0.1, -0.05) is 36.4 Å². The van der Waals surface area contributed by atoms with E-state index in [1.807, 2.05) is 72.8 Å². The predicted molar refractivity (Wildman–Crippen MR) is 245 cm³/mol. The lowest BCUT2D eigenvalue weighted by Gasteiger charge is -2.51. The Morgan fingerprint density at radius 3 is 1.50 bits per heavy atom. The van der Waals surface area contributed by atoms with Crippen LogP contribution in [0.1, 0.15) is 49.0 Å². The maximum absolute atomic E-state index is 14.2. The molecule has 0 radical (unpaired) electrons. The Bertz CT molecular complexity index is 2580. The Labute approximate surface area is 371 Å². The van der Waals surface area contributed by atoms with E-state index in [-0.39, 0.29) is 23.7 Å². The molecule has 6 aromatic rings. The Morgan fingerprint density at radius 2 is 1.11 bits per heavy atom. The fourth-order valence-electron chi connectivity index (χ4n) is 10.9. The topological polar surface area (TPSA) is 153 Å². The van der Waals surface area contributed by atoms with Gasteiger partial charge in [-0.3, -0.25) is 30.4 Å². The van der Waals surface area contributed by atoms with Gasteiger partial charge in [-0.2, -0.15) is 0 Å². The van der Waals surface area contributed by atoms with Crippen molar-refractivity contribution < 1.29 is 28.5 Å². The van der Waals surface area contributed by atoms with Crippen molar-refractivity contribution in [3.63, 3.8) is 0 Å². The molecular weight excluding hydrogens is 809 g/mol. The zero-order valence-corrected chi connectivity index (χ0v) is 36.1. The molecule has 2 N–H and O–H groups in total. The maximum atomic E-state index is 14.2. The van der Waals surface area contributed by atoms with Crippen LogP contribution in [0.2, 0.25) is 0 Å². The van der Waals surface area contributed by atoms with E-state index in [0.717, 1.165) is 84.8 Å². The van der Waals surface area contributed by atoms with Gasteiger partial charge in [0.15, 0.2) is 11.6 Å². The SMILES string of the molecule is C=C[C@H]1CN2CC[C@H]1C[C@@H]2[C@@H](OC(=O)Nc1nnc(NC(=O)O[C@@H](c2ccnc3ccc(OC)cc23)[C@H]2C[C@@H]3CCN2C[C@@H]3C=C)c2ccccc12)c1ccnc2ccc(OC)cc12. The minimum Gasteiger partial charge on any atom is -0.497 e. The van der Waals surface area contributed by atoms with Crippen LogP contribution in [0.25, 0.3) is 32.6 Å². The molecule has 2 amide bonds. The average molecular weight is 861 g/mol. The number of carbonyl (C=O) groups is 2. The van der Waals surface area contributed by atoms with Gasteiger partial charge in [-0.15, -0.1) is 23.4 Å². The van der Waals surface area contributed by atoms with Gasteiger partial charge < -0.3 is 18.9 Å². The van der Waals surface area contributed by atoms with Crippen LogP contribution in [0.15, 0.2) is 111 Å². The van der Waals surface area contributed by atoms with Gasteiger partial charge in [-0.25, -0.2) is 9.59 Å². The Kier molecular flexibility index (Phi) is 11.3. The summed E-state index contributed by atoms with van der Waals surface area (Å²) < 4.78 is 24.2. The molecule has 0 spiro atoms. The van der Waals surface area contributed by atoms with Crippen LogP contribution >= 0.6 is 0 Å². The predicted octanol–water partition coefficient (Wildman–Crippen LogP) is 9.12. The summed E-state index contributed by atoms with van der Waals surface area (Å²) in [6.07, 6.45) is 8.83. The molecule has 6 fully saturated rings. The number of benzene rings is 3. The first-order valence-electron chi connectivity index (χ1n) is 22.1. The monoisotopic (exact) mass is 860 g/mol. The summed E-state index contributed by atoms with van der Waals surface area (Å²) in [5, 5.41) is 17.5. The number of aromatic nitrogens is 4. The molecule has 64 heavy (non-hydrogen) atoms. The molecule has 3 aromatic heterocycles. The largest absolute Gasteiger partial charge is 0.497 e. The molecule has 0 aliphatic carbocycles. The van der Waals surface area contributed by atoms with Crippen molar-refractivity contribution in [1.29, 1.82) is 0 Å². The lowest BCUT2D eigenvalue weighted by Crippen LogP contribution is -2.55. The number of pyridine rings is 2. The summed E-state index contributed by atoms with van der Waals surface area (Å²) in [7, 11) is 3.26. The fourth-order valence-corrected chi connectivity index (χ4v) is 10.9. The molecule has 6 saturated heterocycles. The summed E-state index contributed by atoms with van der Waals surface area (Å²) in [5.41, 5.74) is 3.24. The van der Waals surface area contributed by atoms with Crippen molar-refractivity contribution in [1.82, 2.24) is 30.0 Å². The van der Waals surface area contributed by atoms with E-state index in [2.05, 4.69) is 65.9 Å². The third-order valence-corrected chi connectivity index (χ3v) is 14.2. The first kappa shape index (κ1) is 41.4. The number of rotatable bonds is 12. The molecule has 3 aromatic carbocycles. The number of piperidine rings is 6. The van der Waals surface area contributed by atoms with Gasteiger partial charge >= 0.3 is 12.2 Å². The number of hydrogen-bond donors (Lipinski definition) is 2. The molecule has 4 bridgehead atoms. The number of ether oxygens (including phenoxy) is 4. The lowest BCUT2D eigenvalue weighted by atomic mass is 9.73. The zero-order valence-electron chi connectivity index (χ0n) is 36.1. The van der Waals surface area contributed by atoms with Crippen LogP contribution in [0, 0.1) is 23.7 Å². The fraction of sp³-hybridized carbons (Fsp3) is 0.360. The van der Waals surface area contributed by atoms with E-state index in [4.69, 9.17) is 18.9 Å². The zero-order chi connectivity index (χ0) is 43.9.